The molecule has 4 atom stereocenters. The fourth-order valence-corrected chi connectivity index (χ4v) is 3.71. The highest BCUT2D eigenvalue weighted by Crippen LogP contribution is 2.37. The maximum Gasteiger partial charge on any atom is 0.307 e. The number of carbonyl (C=O) groups excluding carboxylic acids is 1. The first-order valence-electron chi connectivity index (χ1n) is 7.17. The molecule has 0 radical (unpaired) electrons. The van der Waals surface area contributed by atoms with Gasteiger partial charge in [0.1, 0.15) is 0 Å². The average Bonchev–Trinajstić information content (AvgIpc) is 2.81. The molecule has 1 fully saturated rings. The zero-order valence-corrected chi connectivity index (χ0v) is 13.8. The number of carboxylic acid groups (broad SMARTS) is 1. The number of hydrogen-bond donors (Lipinski definition) is 2. The SMILES string of the molecule is CC1CC(C(=O)O)C(C(=O)NC(C)c2ccccc2Br)C1. The zero-order valence-electron chi connectivity index (χ0n) is 12.2. The molecule has 5 heteroatoms. The van der Waals surface area contributed by atoms with Crippen LogP contribution in [0.4, 0.5) is 0 Å². The first-order chi connectivity index (χ1) is 9.90. The van der Waals surface area contributed by atoms with Crippen LogP contribution in [0.5, 0.6) is 0 Å². The van der Waals surface area contributed by atoms with Gasteiger partial charge in [0.2, 0.25) is 5.91 Å². The van der Waals surface area contributed by atoms with E-state index in [1.54, 1.807) is 0 Å². The molecule has 2 N–H and O–H groups in total. The maximum absolute atomic E-state index is 12.4. The van der Waals surface area contributed by atoms with Gasteiger partial charge in [-0.15, -0.1) is 0 Å². The Morgan fingerprint density at radius 3 is 2.52 bits per heavy atom. The number of halogens is 1. The van der Waals surface area contributed by atoms with E-state index in [0.717, 1.165) is 10.0 Å². The van der Waals surface area contributed by atoms with E-state index in [2.05, 4.69) is 21.2 Å². The summed E-state index contributed by atoms with van der Waals surface area (Å²) in [4.78, 5) is 23.7. The van der Waals surface area contributed by atoms with Crippen molar-refractivity contribution in [2.45, 2.75) is 32.7 Å². The normalized spacial score (nSPS) is 26.3. The van der Waals surface area contributed by atoms with E-state index in [1.807, 2.05) is 38.1 Å². The highest BCUT2D eigenvalue weighted by atomic mass is 79.9. The Balaban J connectivity index is 2.07. The number of carboxylic acids is 1. The smallest absolute Gasteiger partial charge is 0.307 e. The number of amides is 1. The third-order valence-corrected chi connectivity index (χ3v) is 4.90. The third-order valence-electron chi connectivity index (χ3n) is 4.18. The summed E-state index contributed by atoms with van der Waals surface area (Å²) in [6.45, 7) is 3.91. The van der Waals surface area contributed by atoms with Gasteiger partial charge in [-0.1, -0.05) is 41.1 Å². The van der Waals surface area contributed by atoms with Crippen molar-refractivity contribution in [3.63, 3.8) is 0 Å². The van der Waals surface area contributed by atoms with Crippen molar-refractivity contribution in [1.82, 2.24) is 5.32 Å². The topological polar surface area (TPSA) is 66.4 Å². The van der Waals surface area contributed by atoms with Crippen molar-refractivity contribution in [3.05, 3.63) is 34.3 Å². The Kier molecular flexibility index (Phi) is 5.04. The van der Waals surface area contributed by atoms with Crippen LogP contribution in [0.15, 0.2) is 28.7 Å². The molecular formula is C16H20BrNO3. The lowest BCUT2D eigenvalue weighted by molar-refractivity contribution is -0.146. The molecule has 114 valence electrons. The average molecular weight is 354 g/mol. The fourth-order valence-electron chi connectivity index (χ4n) is 3.08. The summed E-state index contributed by atoms with van der Waals surface area (Å²) in [5.41, 5.74) is 0.990. The molecule has 0 saturated heterocycles. The van der Waals surface area contributed by atoms with E-state index < -0.39 is 17.8 Å². The maximum atomic E-state index is 12.4. The molecule has 1 aliphatic carbocycles. The van der Waals surface area contributed by atoms with E-state index in [1.165, 1.54) is 0 Å². The summed E-state index contributed by atoms with van der Waals surface area (Å²) in [5, 5.41) is 12.2. The first kappa shape index (κ1) is 16.0. The van der Waals surface area contributed by atoms with Gasteiger partial charge in [0, 0.05) is 4.47 Å². The van der Waals surface area contributed by atoms with Crippen LogP contribution in [0.25, 0.3) is 0 Å². The lowest BCUT2D eigenvalue weighted by Gasteiger charge is -2.20. The van der Waals surface area contributed by atoms with E-state index in [9.17, 15) is 14.7 Å². The highest BCUT2D eigenvalue weighted by molar-refractivity contribution is 9.10. The second-order valence-corrected chi connectivity index (χ2v) is 6.73. The Morgan fingerprint density at radius 1 is 1.29 bits per heavy atom. The molecule has 21 heavy (non-hydrogen) atoms. The molecule has 0 heterocycles. The Bertz CT molecular complexity index is 546. The molecule has 0 bridgehead atoms. The van der Waals surface area contributed by atoms with Crippen molar-refractivity contribution in [1.29, 1.82) is 0 Å². The molecule has 1 amide bonds. The minimum absolute atomic E-state index is 0.154. The van der Waals surface area contributed by atoms with Crippen LogP contribution >= 0.6 is 15.9 Å². The molecule has 1 aromatic carbocycles. The summed E-state index contributed by atoms with van der Waals surface area (Å²) in [7, 11) is 0. The molecule has 4 unspecified atom stereocenters. The van der Waals surface area contributed by atoms with Crippen LogP contribution in [0.1, 0.15) is 38.3 Å². The van der Waals surface area contributed by atoms with E-state index >= 15 is 0 Å². The van der Waals surface area contributed by atoms with Gasteiger partial charge in [-0.05, 0) is 37.3 Å². The van der Waals surface area contributed by atoms with Gasteiger partial charge >= 0.3 is 5.97 Å². The van der Waals surface area contributed by atoms with Crippen molar-refractivity contribution in [3.8, 4) is 0 Å². The largest absolute Gasteiger partial charge is 0.481 e. The minimum atomic E-state index is -0.868. The predicted octanol–water partition coefficient (Wildman–Crippen LogP) is 3.37. The number of carbonyl (C=O) groups is 2. The number of hydrogen-bond acceptors (Lipinski definition) is 2. The van der Waals surface area contributed by atoms with E-state index in [0.29, 0.717) is 12.8 Å². The van der Waals surface area contributed by atoms with Crippen molar-refractivity contribution < 1.29 is 14.7 Å². The summed E-state index contributed by atoms with van der Waals surface area (Å²) in [6, 6.07) is 7.55. The van der Waals surface area contributed by atoms with Gasteiger partial charge in [0.25, 0.3) is 0 Å². The number of aliphatic carboxylic acids is 1. The van der Waals surface area contributed by atoms with Crippen molar-refractivity contribution in [2.75, 3.05) is 0 Å². The molecule has 2 rings (SSSR count). The van der Waals surface area contributed by atoms with Crippen LogP contribution in [0, 0.1) is 17.8 Å². The predicted molar refractivity (Wildman–Crippen MR) is 83.7 cm³/mol. The standard InChI is InChI=1S/C16H20BrNO3/c1-9-7-12(13(8-9)16(20)21)15(19)18-10(2)11-5-3-4-6-14(11)17/h3-6,9-10,12-13H,7-8H2,1-2H3,(H,18,19)(H,20,21). The molecule has 1 saturated carbocycles. The van der Waals surface area contributed by atoms with Crippen molar-refractivity contribution >= 4 is 27.8 Å². The quantitative estimate of drug-likeness (QED) is 0.871. The first-order valence-corrected chi connectivity index (χ1v) is 7.97. The van der Waals surface area contributed by atoms with E-state index in [-0.39, 0.29) is 17.9 Å². The highest BCUT2D eigenvalue weighted by Gasteiger charge is 2.41. The Hall–Kier alpha value is -1.36. The molecule has 4 nitrogen and oxygen atoms in total. The van der Waals surface area contributed by atoms with Crippen molar-refractivity contribution in [2.24, 2.45) is 17.8 Å². The van der Waals surface area contributed by atoms with Gasteiger partial charge < -0.3 is 10.4 Å². The number of rotatable bonds is 4. The molecule has 1 aliphatic rings. The van der Waals surface area contributed by atoms with Crippen LogP contribution in [0.3, 0.4) is 0 Å². The van der Waals surface area contributed by atoms with Crippen LogP contribution < -0.4 is 5.32 Å². The van der Waals surface area contributed by atoms with Gasteiger partial charge in [0.05, 0.1) is 17.9 Å². The number of benzene rings is 1. The summed E-state index contributed by atoms with van der Waals surface area (Å²) in [5.74, 6) is -1.74. The second kappa shape index (κ2) is 6.60. The third kappa shape index (κ3) is 3.64. The van der Waals surface area contributed by atoms with Gasteiger partial charge in [-0.3, -0.25) is 9.59 Å². The van der Waals surface area contributed by atoms with Crippen LogP contribution in [-0.2, 0) is 9.59 Å². The lowest BCUT2D eigenvalue weighted by Crippen LogP contribution is -2.36. The fraction of sp³-hybridized carbons (Fsp3) is 0.500. The molecular weight excluding hydrogens is 334 g/mol. The Labute approximate surface area is 133 Å². The molecule has 0 aromatic heterocycles. The molecule has 0 aliphatic heterocycles. The summed E-state index contributed by atoms with van der Waals surface area (Å²) >= 11 is 3.47. The minimum Gasteiger partial charge on any atom is -0.481 e. The summed E-state index contributed by atoms with van der Waals surface area (Å²) in [6.07, 6.45) is 1.22. The van der Waals surface area contributed by atoms with Gasteiger partial charge in [-0.2, -0.15) is 0 Å². The lowest BCUT2D eigenvalue weighted by atomic mass is 9.94. The Morgan fingerprint density at radius 2 is 1.90 bits per heavy atom. The van der Waals surface area contributed by atoms with E-state index in [4.69, 9.17) is 0 Å². The van der Waals surface area contributed by atoms with Gasteiger partial charge in [0.15, 0.2) is 0 Å². The molecule has 0 spiro atoms. The molecule has 1 aromatic rings. The van der Waals surface area contributed by atoms with Gasteiger partial charge in [-0.25, -0.2) is 0 Å². The van der Waals surface area contributed by atoms with Crippen LogP contribution in [-0.4, -0.2) is 17.0 Å². The number of nitrogens with one attached hydrogen (secondary N) is 1. The zero-order chi connectivity index (χ0) is 15.6. The monoisotopic (exact) mass is 353 g/mol. The second-order valence-electron chi connectivity index (χ2n) is 5.88. The summed E-state index contributed by atoms with van der Waals surface area (Å²) < 4.78 is 0.937. The van der Waals surface area contributed by atoms with Crippen LogP contribution in [0.2, 0.25) is 0 Å².